The van der Waals surface area contributed by atoms with Crippen molar-refractivity contribution in [3.8, 4) is 0 Å². The summed E-state index contributed by atoms with van der Waals surface area (Å²) in [6.07, 6.45) is 4.87. The van der Waals surface area contributed by atoms with Crippen molar-refractivity contribution in [2.75, 3.05) is 6.54 Å². The minimum Gasteiger partial charge on any atom is -0.481 e. The van der Waals surface area contributed by atoms with Gasteiger partial charge in [-0.3, -0.25) is 9.59 Å². The number of thiazole rings is 1. The summed E-state index contributed by atoms with van der Waals surface area (Å²) in [7, 11) is 0. The zero-order valence-electron chi connectivity index (χ0n) is 11.5. The maximum Gasteiger partial charge on any atom is 0.307 e. The van der Waals surface area contributed by atoms with Crippen molar-refractivity contribution >= 4 is 23.2 Å². The molecule has 1 fully saturated rings. The van der Waals surface area contributed by atoms with Crippen LogP contribution in [0, 0.1) is 11.8 Å². The lowest BCUT2D eigenvalue weighted by Crippen LogP contribution is -2.40. The molecule has 6 heteroatoms. The Kier molecular flexibility index (Phi) is 5.11. The molecular weight excluding hydrogens is 276 g/mol. The Labute approximate surface area is 122 Å². The molecule has 1 aliphatic rings. The van der Waals surface area contributed by atoms with Gasteiger partial charge in [-0.1, -0.05) is 19.8 Å². The molecule has 5 nitrogen and oxygen atoms in total. The van der Waals surface area contributed by atoms with Gasteiger partial charge < -0.3 is 10.4 Å². The van der Waals surface area contributed by atoms with Gasteiger partial charge in [-0.2, -0.15) is 0 Å². The van der Waals surface area contributed by atoms with Crippen LogP contribution in [0.3, 0.4) is 0 Å². The van der Waals surface area contributed by atoms with E-state index in [4.69, 9.17) is 0 Å². The minimum atomic E-state index is -0.849. The molecule has 2 rings (SSSR count). The van der Waals surface area contributed by atoms with E-state index in [2.05, 4.69) is 10.3 Å². The molecule has 3 atom stereocenters. The minimum absolute atomic E-state index is 0.125. The van der Waals surface area contributed by atoms with Gasteiger partial charge in [0.1, 0.15) is 0 Å². The summed E-state index contributed by atoms with van der Waals surface area (Å²) >= 11 is 1.57. The van der Waals surface area contributed by atoms with E-state index in [0.717, 1.165) is 17.8 Å². The first-order valence-electron chi connectivity index (χ1n) is 6.99. The number of carboxylic acid groups (broad SMARTS) is 1. The first-order chi connectivity index (χ1) is 9.59. The van der Waals surface area contributed by atoms with Gasteiger partial charge in [0.15, 0.2) is 0 Å². The summed E-state index contributed by atoms with van der Waals surface area (Å²) in [5.41, 5.74) is 0. The van der Waals surface area contributed by atoms with Crippen LogP contribution in [-0.4, -0.2) is 28.5 Å². The molecule has 0 aromatic carbocycles. The highest BCUT2D eigenvalue weighted by Crippen LogP contribution is 2.30. The van der Waals surface area contributed by atoms with Crippen molar-refractivity contribution in [2.24, 2.45) is 11.8 Å². The fourth-order valence-electron chi connectivity index (χ4n) is 2.69. The van der Waals surface area contributed by atoms with E-state index >= 15 is 0 Å². The van der Waals surface area contributed by atoms with E-state index in [1.165, 1.54) is 0 Å². The Morgan fingerprint density at radius 1 is 1.45 bits per heavy atom. The number of hydrogen-bond donors (Lipinski definition) is 2. The monoisotopic (exact) mass is 296 g/mol. The molecule has 1 aromatic heterocycles. The normalized spacial score (nSPS) is 24.1. The van der Waals surface area contributed by atoms with E-state index in [-0.39, 0.29) is 17.7 Å². The predicted octanol–water partition coefficient (Wildman–Crippen LogP) is 2.25. The van der Waals surface area contributed by atoms with E-state index in [1.807, 2.05) is 12.3 Å². The summed E-state index contributed by atoms with van der Waals surface area (Å²) in [5.74, 6) is -1.73. The maximum absolute atomic E-state index is 12.2. The summed E-state index contributed by atoms with van der Waals surface area (Å²) in [6, 6.07) is 0. The van der Waals surface area contributed by atoms with E-state index in [0.29, 0.717) is 19.4 Å². The summed E-state index contributed by atoms with van der Waals surface area (Å²) in [4.78, 5) is 27.6. The van der Waals surface area contributed by atoms with Gasteiger partial charge in [0, 0.05) is 24.0 Å². The lowest BCUT2D eigenvalue weighted by atomic mass is 9.78. The van der Waals surface area contributed by atoms with E-state index in [1.54, 1.807) is 17.5 Å². The zero-order valence-corrected chi connectivity index (χ0v) is 12.4. The van der Waals surface area contributed by atoms with Gasteiger partial charge >= 0.3 is 5.97 Å². The number of rotatable bonds is 5. The molecule has 20 heavy (non-hydrogen) atoms. The van der Waals surface area contributed by atoms with Crippen LogP contribution in [0.5, 0.6) is 0 Å². The predicted molar refractivity (Wildman–Crippen MR) is 76.6 cm³/mol. The Morgan fingerprint density at radius 2 is 2.15 bits per heavy atom. The Bertz CT molecular complexity index is 461. The number of amides is 1. The number of carbonyl (C=O) groups is 2. The highest BCUT2D eigenvalue weighted by molar-refractivity contribution is 7.09. The molecule has 0 bridgehead atoms. The van der Waals surface area contributed by atoms with Crippen LogP contribution in [0.4, 0.5) is 0 Å². The fraction of sp³-hybridized carbons (Fsp3) is 0.643. The zero-order chi connectivity index (χ0) is 14.5. The quantitative estimate of drug-likeness (QED) is 0.873. The van der Waals surface area contributed by atoms with Gasteiger partial charge in [0.05, 0.1) is 16.8 Å². The highest BCUT2D eigenvalue weighted by atomic mass is 32.1. The lowest BCUT2D eigenvalue weighted by molar-refractivity contribution is -0.148. The van der Waals surface area contributed by atoms with Crippen molar-refractivity contribution in [1.82, 2.24) is 10.3 Å². The molecule has 1 aliphatic carbocycles. The first-order valence-corrected chi connectivity index (χ1v) is 7.87. The molecule has 1 saturated carbocycles. The third kappa shape index (κ3) is 3.56. The number of aromatic nitrogens is 1. The molecule has 1 aromatic rings. The number of carbonyl (C=O) groups excluding carboxylic acids is 1. The van der Waals surface area contributed by atoms with Crippen molar-refractivity contribution in [1.29, 1.82) is 0 Å². The average Bonchev–Trinajstić information content (AvgIpc) is 2.98. The third-order valence-electron chi connectivity index (χ3n) is 3.88. The highest BCUT2D eigenvalue weighted by Gasteiger charge is 2.35. The molecule has 1 heterocycles. The van der Waals surface area contributed by atoms with E-state index in [9.17, 15) is 14.7 Å². The second-order valence-corrected chi connectivity index (χ2v) is 6.28. The van der Waals surface area contributed by atoms with Gasteiger partial charge in [-0.25, -0.2) is 4.98 Å². The van der Waals surface area contributed by atoms with Crippen molar-refractivity contribution in [3.05, 3.63) is 16.6 Å². The lowest BCUT2D eigenvalue weighted by Gasteiger charge is -2.27. The fourth-order valence-corrected chi connectivity index (χ4v) is 3.39. The Morgan fingerprint density at radius 3 is 2.75 bits per heavy atom. The van der Waals surface area contributed by atoms with Crippen molar-refractivity contribution in [2.45, 2.75) is 38.5 Å². The molecule has 110 valence electrons. The summed E-state index contributed by atoms with van der Waals surface area (Å²) in [6.45, 7) is 2.52. The van der Waals surface area contributed by atoms with E-state index < -0.39 is 11.9 Å². The van der Waals surface area contributed by atoms with Crippen LogP contribution < -0.4 is 5.32 Å². The maximum atomic E-state index is 12.2. The average molecular weight is 296 g/mol. The van der Waals surface area contributed by atoms with Gasteiger partial charge in [-0.05, 0) is 12.8 Å². The number of aliphatic carboxylic acids is 1. The summed E-state index contributed by atoms with van der Waals surface area (Å²) in [5, 5.41) is 15.0. The van der Waals surface area contributed by atoms with Crippen molar-refractivity contribution in [3.63, 3.8) is 0 Å². The van der Waals surface area contributed by atoms with Crippen LogP contribution in [0.25, 0.3) is 0 Å². The number of nitrogens with zero attached hydrogens (tertiary/aromatic N) is 1. The van der Waals surface area contributed by atoms with Gasteiger partial charge in [0.2, 0.25) is 5.91 Å². The SMILES string of the molecule is CC(CNC(=O)[C@@H]1CCCC[C@@H]1C(=O)O)c1nccs1. The molecule has 0 aliphatic heterocycles. The Hall–Kier alpha value is -1.43. The standard InChI is InChI=1S/C14H20N2O3S/c1-9(13-15-6-7-20-13)8-16-12(17)10-4-2-3-5-11(10)14(18)19/h6-7,9-11H,2-5,8H2,1H3,(H,16,17)(H,18,19)/t9?,10-,11+/m1/s1. The molecule has 0 saturated heterocycles. The number of carboxylic acids is 1. The molecule has 0 spiro atoms. The second-order valence-electron chi connectivity index (χ2n) is 5.35. The van der Waals surface area contributed by atoms with Crippen LogP contribution in [0.15, 0.2) is 11.6 Å². The van der Waals surface area contributed by atoms with Crippen LogP contribution in [-0.2, 0) is 9.59 Å². The molecule has 2 N–H and O–H groups in total. The summed E-state index contributed by atoms with van der Waals surface area (Å²) < 4.78 is 0. The molecule has 0 radical (unpaired) electrons. The van der Waals surface area contributed by atoms with Gasteiger partial charge in [0.25, 0.3) is 0 Å². The van der Waals surface area contributed by atoms with Crippen molar-refractivity contribution < 1.29 is 14.7 Å². The number of hydrogen-bond acceptors (Lipinski definition) is 4. The largest absolute Gasteiger partial charge is 0.481 e. The molecule has 1 unspecified atom stereocenters. The third-order valence-corrected chi connectivity index (χ3v) is 4.88. The topological polar surface area (TPSA) is 79.3 Å². The number of nitrogens with one attached hydrogen (secondary N) is 1. The molecular formula is C14H20N2O3S. The van der Waals surface area contributed by atoms with Gasteiger partial charge in [-0.15, -0.1) is 11.3 Å². The van der Waals surface area contributed by atoms with Crippen LogP contribution in [0.1, 0.15) is 43.5 Å². The van der Waals surface area contributed by atoms with Crippen LogP contribution in [0.2, 0.25) is 0 Å². The Balaban J connectivity index is 1.88. The second kappa shape index (κ2) is 6.83. The van der Waals surface area contributed by atoms with Crippen LogP contribution >= 0.6 is 11.3 Å². The smallest absolute Gasteiger partial charge is 0.307 e. The molecule has 1 amide bonds. The first kappa shape index (κ1) is 15.0.